The fourth-order valence-corrected chi connectivity index (χ4v) is 2.72. The average molecular weight is 378 g/mol. The van der Waals surface area contributed by atoms with Crippen LogP contribution in [0.3, 0.4) is 0 Å². The smallest absolute Gasteiger partial charge is 0.323 e. The normalized spacial score (nSPS) is 12.2. The van der Waals surface area contributed by atoms with Gasteiger partial charge >= 0.3 is 5.97 Å². The third-order valence-corrected chi connectivity index (χ3v) is 4.07. The Kier molecular flexibility index (Phi) is 5.55. The van der Waals surface area contributed by atoms with E-state index in [1.165, 1.54) is 12.2 Å². The largest absolute Gasteiger partial charge is 0.497 e. The zero-order valence-corrected chi connectivity index (χ0v) is 15.1. The van der Waals surface area contributed by atoms with E-state index in [1.54, 1.807) is 55.6 Å². The first-order chi connectivity index (χ1) is 13.5. The lowest BCUT2D eigenvalue weighted by atomic mass is 10.2. The third kappa shape index (κ3) is 4.27. The van der Waals surface area contributed by atoms with Gasteiger partial charge in [0.05, 0.1) is 7.11 Å². The second kappa shape index (κ2) is 8.22. The minimum absolute atomic E-state index is 0.00151. The van der Waals surface area contributed by atoms with Crippen molar-refractivity contribution in [2.75, 3.05) is 7.11 Å². The number of aromatic nitrogens is 2. The van der Waals surface area contributed by atoms with Crippen LogP contribution in [-0.2, 0) is 11.3 Å². The molecule has 7 heteroatoms. The maximum Gasteiger partial charge on any atom is 0.323 e. The van der Waals surface area contributed by atoms with Crippen molar-refractivity contribution in [2.24, 2.45) is 0 Å². The lowest BCUT2D eigenvalue weighted by Gasteiger charge is -2.04. The summed E-state index contributed by atoms with van der Waals surface area (Å²) in [4.78, 5) is 39.3. The Labute approximate surface area is 159 Å². The molecule has 0 spiro atoms. The van der Waals surface area contributed by atoms with Crippen LogP contribution in [0.15, 0.2) is 64.2 Å². The summed E-state index contributed by atoms with van der Waals surface area (Å²) in [5.41, 5.74) is 0.193. The predicted octanol–water partition coefficient (Wildman–Crippen LogP) is 0.287. The van der Waals surface area contributed by atoms with Crippen molar-refractivity contribution in [3.8, 4) is 5.75 Å². The second-order valence-corrected chi connectivity index (χ2v) is 6.01. The van der Waals surface area contributed by atoms with E-state index < -0.39 is 23.6 Å². The number of H-pyrrole nitrogens is 1. The van der Waals surface area contributed by atoms with E-state index in [9.17, 15) is 19.5 Å². The highest BCUT2D eigenvalue weighted by atomic mass is 16.5. The van der Waals surface area contributed by atoms with E-state index in [0.717, 1.165) is 4.57 Å². The standard InChI is InChI=1S/C21H18N2O5/c1-28-16-9-7-15(8-10-16)11-17-21(27)23(13-19(24)25)18(20(26)22-17)12-14-5-3-2-4-6-14/h2-12H,13H2,1H3,(H,22,26)(H,24,25). The summed E-state index contributed by atoms with van der Waals surface area (Å²) >= 11 is 0. The van der Waals surface area contributed by atoms with Gasteiger partial charge in [0.25, 0.3) is 11.1 Å². The van der Waals surface area contributed by atoms with Crippen LogP contribution >= 0.6 is 0 Å². The Morgan fingerprint density at radius 3 is 2.29 bits per heavy atom. The number of nitrogens with zero attached hydrogens (tertiary/aromatic N) is 1. The maximum absolute atomic E-state index is 12.8. The van der Waals surface area contributed by atoms with Crippen LogP contribution in [-0.4, -0.2) is 27.7 Å². The first-order valence-electron chi connectivity index (χ1n) is 8.45. The molecule has 0 amide bonds. The predicted molar refractivity (Wildman–Crippen MR) is 105 cm³/mol. The second-order valence-electron chi connectivity index (χ2n) is 6.01. The number of aliphatic carboxylic acids is 1. The van der Waals surface area contributed by atoms with Gasteiger partial charge in [0.1, 0.15) is 23.0 Å². The van der Waals surface area contributed by atoms with Crippen molar-refractivity contribution in [3.05, 3.63) is 97.1 Å². The fourth-order valence-electron chi connectivity index (χ4n) is 2.72. The number of carbonyl (C=O) groups is 1. The van der Waals surface area contributed by atoms with E-state index >= 15 is 0 Å². The number of aromatic amines is 1. The number of hydrogen-bond acceptors (Lipinski definition) is 4. The number of carboxylic acids is 1. The lowest BCUT2D eigenvalue weighted by molar-refractivity contribution is -0.137. The molecule has 2 N–H and O–H groups in total. The SMILES string of the molecule is COc1ccc(C=c2[nH]c(=O)c(=Cc3ccccc3)n(CC(=O)O)c2=O)cc1. The number of rotatable bonds is 5. The van der Waals surface area contributed by atoms with E-state index in [4.69, 9.17) is 4.74 Å². The van der Waals surface area contributed by atoms with Crippen molar-refractivity contribution in [1.82, 2.24) is 9.55 Å². The lowest BCUT2D eigenvalue weighted by Crippen LogP contribution is -2.54. The van der Waals surface area contributed by atoms with Gasteiger partial charge in [-0.25, -0.2) is 0 Å². The van der Waals surface area contributed by atoms with Crippen LogP contribution in [0.5, 0.6) is 5.75 Å². The molecule has 0 radical (unpaired) electrons. The molecule has 142 valence electrons. The van der Waals surface area contributed by atoms with Crippen molar-refractivity contribution < 1.29 is 14.6 Å². The van der Waals surface area contributed by atoms with Gasteiger partial charge in [-0.3, -0.25) is 19.0 Å². The van der Waals surface area contributed by atoms with Crippen molar-refractivity contribution in [1.29, 1.82) is 0 Å². The summed E-state index contributed by atoms with van der Waals surface area (Å²) < 4.78 is 6.05. The first-order valence-corrected chi connectivity index (χ1v) is 8.45. The molecule has 0 atom stereocenters. The summed E-state index contributed by atoms with van der Waals surface area (Å²) in [5.74, 6) is -0.562. The highest BCUT2D eigenvalue weighted by molar-refractivity contribution is 5.66. The Bertz CT molecular complexity index is 1220. The molecule has 1 heterocycles. The molecule has 0 aliphatic heterocycles. The number of methoxy groups -OCH3 is 1. The van der Waals surface area contributed by atoms with E-state index in [2.05, 4.69) is 4.98 Å². The summed E-state index contributed by atoms with van der Waals surface area (Å²) in [6, 6.07) is 15.8. The third-order valence-electron chi connectivity index (χ3n) is 4.07. The number of nitrogens with one attached hydrogen (secondary N) is 1. The first kappa shape index (κ1) is 18.9. The molecule has 1 aromatic heterocycles. The molecule has 3 rings (SSSR count). The maximum atomic E-state index is 12.8. The number of ether oxygens (including phenoxy) is 1. The van der Waals surface area contributed by atoms with Crippen LogP contribution < -0.4 is 26.6 Å². The molecule has 28 heavy (non-hydrogen) atoms. The quantitative estimate of drug-likeness (QED) is 0.664. The zero-order valence-electron chi connectivity index (χ0n) is 15.1. The van der Waals surface area contributed by atoms with Crippen molar-refractivity contribution in [3.63, 3.8) is 0 Å². The average Bonchev–Trinajstić information content (AvgIpc) is 2.69. The van der Waals surface area contributed by atoms with Crippen LogP contribution in [0.2, 0.25) is 0 Å². The fraction of sp³-hybridized carbons (Fsp3) is 0.0952. The monoisotopic (exact) mass is 378 g/mol. The minimum atomic E-state index is -1.22. The highest BCUT2D eigenvalue weighted by Gasteiger charge is 2.09. The molecule has 0 fully saturated rings. The molecular formula is C21H18N2O5. The van der Waals surface area contributed by atoms with Crippen LogP contribution in [0.25, 0.3) is 12.2 Å². The summed E-state index contributed by atoms with van der Waals surface area (Å²) in [7, 11) is 1.54. The minimum Gasteiger partial charge on any atom is -0.497 e. The molecule has 0 saturated carbocycles. The van der Waals surface area contributed by atoms with Crippen LogP contribution in [0.4, 0.5) is 0 Å². The number of hydrogen-bond donors (Lipinski definition) is 2. The van der Waals surface area contributed by atoms with E-state index in [-0.39, 0.29) is 10.7 Å². The highest BCUT2D eigenvalue weighted by Crippen LogP contribution is 2.11. The Morgan fingerprint density at radius 1 is 1.04 bits per heavy atom. The van der Waals surface area contributed by atoms with Gasteiger partial charge in [-0.1, -0.05) is 42.5 Å². The molecule has 0 saturated heterocycles. The van der Waals surface area contributed by atoms with Gasteiger partial charge in [0.2, 0.25) is 0 Å². The Hall–Kier alpha value is -3.87. The molecule has 2 aromatic carbocycles. The Balaban J connectivity index is 2.24. The van der Waals surface area contributed by atoms with Crippen molar-refractivity contribution in [2.45, 2.75) is 6.54 Å². The molecule has 3 aromatic rings. The summed E-state index contributed by atoms with van der Waals surface area (Å²) in [6.07, 6.45) is 2.98. The van der Waals surface area contributed by atoms with E-state index in [1.807, 2.05) is 6.07 Å². The summed E-state index contributed by atoms with van der Waals surface area (Å²) in [6.45, 7) is -0.620. The summed E-state index contributed by atoms with van der Waals surface area (Å²) in [5, 5.41) is 9.18. The topological polar surface area (TPSA) is 101 Å². The zero-order chi connectivity index (χ0) is 20.1. The molecular weight excluding hydrogens is 360 g/mol. The molecule has 7 nitrogen and oxygen atoms in total. The van der Waals surface area contributed by atoms with Gasteiger partial charge in [0.15, 0.2) is 0 Å². The number of carboxylic acid groups (broad SMARTS) is 1. The van der Waals surface area contributed by atoms with Crippen molar-refractivity contribution >= 4 is 18.1 Å². The van der Waals surface area contributed by atoms with Gasteiger partial charge in [-0.05, 0) is 35.4 Å². The van der Waals surface area contributed by atoms with E-state index in [0.29, 0.717) is 16.9 Å². The molecule has 0 unspecified atom stereocenters. The molecule has 0 bridgehead atoms. The van der Waals surface area contributed by atoms with Crippen LogP contribution in [0.1, 0.15) is 11.1 Å². The number of benzene rings is 2. The Morgan fingerprint density at radius 2 is 1.68 bits per heavy atom. The molecule has 0 aliphatic carbocycles. The van der Waals surface area contributed by atoms with Gasteiger partial charge in [-0.2, -0.15) is 0 Å². The van der Waals surface area contributed by atoms with Crippen LogP contribution in [0, 0.1) is 0 Å². The van der Waals surface area contributed by atoms with Gasteiger partial charge in [-0.15, -0.1) is 0 Å². The van der Waals surface area contributed by atoms with Gasteiger partial charge < -0.3 is 14.8 Å². The van der Waals surface area contributed by atoms with Gasteiger partial charge in [0, 0.05) is 0 Å². The molecule has 0 aliphatic rings.